The van der Waals surface area contributed by atoms with Crippen LogP contribution in [0.3, 0.4) is 0 Å². The van der Waals surface area contributed by atoms with Crippen LogP contribution >= 0.6 is 11.3 Å². The fourth-order valence-corrected chi connectivity index (χ4v) is 3.59. The van der Waals surface area contributed by atoms with Gasteiger partial charge in [-0.05, 0) is 38.1 Å². The summed E-state index contributed by atoms with van der Waals surface area (Å²) >= 11 is 1.34. The van der Waals surface area contributed by atoms with Crippen molar-refractivity contribution in [3.8, 4) is 6.07 Å². The first-order valence-corrected chi connectivity index (χ1v) is 8.74. The Labute approximate surface area is 140 Å². The highest BCUT2D eigenvalue weighted by atomic mass is 32.1. The number of likely N-dealkylation sites (tertiary alicyclic amines) is 1. The minimum Gasteiger partial charge on any atom is -0.466 e. The summed E-state index contributed by atoms with van der Waals surface area (Å²) in [5.74, 6) is -0.420. The van der Waals surface area contributed by atoms with Crippen molar-refractivity contribution in [3.63, 3.8) is 0 Å². The van der Waals surface area contributed by atoms with Crippen molar-refractivity contribution >= 4 is 28.2 Å². The molecule has 0 radical (unpaired) electrons. The molecule has 23 heavy (non-hydrogen) atoms. The van der Waals surface area contributed by atoms with Gasteiger partial charge in [0.25, 0.3) is 5.91 Å². The molecule has 1 fully saturated rings. The van der Waals surface area contributed by atoms with E-state index in [9.17, 15) is 9.59 Å². The Bertz CT molecular complexity index is 608. The SMILES string of the molecule is CCOC(=O)[C@@H]1CCC[NH+]([C@@H](C)C(=O)Nc2sccc2C#N)C1. The van der Waals surface area contributed by atoms with Gasteiger partial charge >= 0.3 is 5.97 Å². The summed E-state index contributed by atoms with van der Waals surface area (Å²) in [4.78, 5) is 25.4. The number of thiophene rings is 1. The van der Waals surface area contributed by atoms with Crippen LogP contribution in [-0.2, 0) is 14.3 Å². The summed E-state index contributed by atoms with van der Waals surface area (Å²) in [7, 11) is 0. The monoisotopic (exact) mass is 336 g/mol. The topological polar surface area (TPSA) is 83.6 Å². The van der Waals surface area contributed by atoms with E-state index >= 15 is 0 Å². The summed E-state index contributed by atoms with van der Waals surface area (Å²) in [6.07, 6.45) is 1.72. The number of anilines is 1. The van der Waals surface area contributed by atoms with Crippen LogP contribution in [0.25, 0.3) is 0 Å². The molecule has 1 aromatic rings. The molecule has 7 heteroatoms. The maximum atomic E-state index is 12.4. The van der Waals surface area contributed by atoms with Gasteiger partial charge in [0.1, 0.15) is 17.0 Å². The number of carbonyl (C=O) groups excluding carboxylic acids is 2. The fraction of sp³-hybridized carbons (Fsp3) is 0.562. The van der Waals surface area contributed by atoms with Gasteiger partial charge in [0.2, 0.25) is 0 Å². The molecule has 124 valence electrons. The summed E-state index contributed by atoms with van der Waals surface area (Å²) in [5.41, 5.74) is 0.480. The lowest BCUT2D eigenvalue weighted by atomic mass is 9.97. The molecule has 1 amide bonds. The third kappa shape index (κ3) is 4.30. The first kappa shape index (κ1) is 17.4. The van der Waals surface area contributed by atoms with Gasteiger partial charge in [0, 0.05) is 0 Å². The number of carbonyl (C=O) groups is 2. The van der Waals surface area contributed by atoms with Gasteiger partial charge in [-0.1, -0.05) is 0 Å². The van der Waals surface area contributed by atoms with Crippen LogP contribution in [0.4, 0.5) is 5.00 Å². The van der Waals surface area contributed by atoms with E-state index in [1.165, 1.54) is 11.3 Å². The second-order valence-electron chi connectivity index (χ2n) is 5.69. The van der Waals surface area contributed by atoms with Gasteiger partial charge in [-0.2, -0.15) is 5.26 Å². The molecule has 0 saturated carbocycles. The number of piperidine rings is 1. The van der Waals surface area contributed by atoms with Crippen molar-refractivity contribution in [1.29, 1.82) is 5.26 Å². The highest BCUT2D eigenvalue weighted by molar-refractivity contribution is 7.14. The average Bonchev–Trinajstić information content (AvgIpc) is 3.01. The zero-order chi connectivity index (χ0) is 16.8. The van der Waals surface area contributed by atoms with Gasteiger partial charge in [-0.15, -0.1) is 11.3 Å². The molecule has 2 N–H and O–H groups in total. The standard InChI is InChI=1S/C16H21N3O3S/c1-3-22-16(21)13-5-4-7-19(10-13)11(2)14(20)18-15-12(9-17)6-8-23-15/h6,8,11,13H,3-5,7,10H2,1-2H3,(H,18,20)/p+1/t11-,13+/m0/s1. The van der Waals surface area contributed by atoms with E-state index in [0.29, 0.717) is 23.7 Å². The van der Waals surface area contributed by atoms with Crippen LogP contribution in [0.5, 0.6) is 0 Å². The van der Waals surface area contributed by atoms with Crippen molar-refractivity contribution < 1.29 is 19.2 Å². The van der Waals surface area contributed by atoms with Crippen molar-refractivity contribution in [1.82, 2.24) is 0 Å². The number of nitrogens with one attached hydrogen (secondary N) is 2. The van der Waals surface area contributed by atoms with Crippen molar-refractivity contribution in [2.45, 2.75) is 32.7 Å². The smallest absolute Gasteiger partial charge is 0.314 e. The third-order valence-corrected chi connectivity index (χ3v) is 5.04. The van der Waals surface area contributed by atoms with Crippen molar-refractivity contribution in [3.05, 3.63) is 17.0 Å². The van der Waals surface area contributed by atoms with Crippen LogP contribution in [0.1, 0.15) is 32.3 Å². The molecular weight excluding hydrogens is 314 g/mol. The van der Waals surface area contributed by atoms with E-state index in [0.717, 1.165) is 24.3 Å². The van der Waals surface area contributed by atoms with E-state index in [2.05, 4.69) is 11.4 Å². The first-order valence-electron chi connectivity index (χ1n) is 7.86. The number of nitrogens with zero attached hydrogens (tertiary/aromatic N) is 1. The Morgan fingerprint density at radius 3 is 3.09 bits per heavy atom. The second-order valence-corrected chi connectivity index (χ2v) is 6.61. The lowest BCUT2D eigenvalue weighted by Crippen LogP contribution is -3.18. The molecule has 2 rings (SSSR count). The zero-order valence-corrected chi connectivity index (χ0v) is 14.2. The van der Waals surface area contributed by atoms with Gasteiger partial charge in [-0.25, -0.2) is 0 Å². The van der Waals surface area contributed by atoms with E-state index in [4.69, 9.17) is 10.00 Å². The molecule has 1 saturated heterocycles. The fourth-order valence-electron chi connectivity index (χ4n) is 2.85. The Kier molecular flexibility index (Phi) is 6.13. The van der Waals surface area contributed by atoms with Gasteiger partial charge in [0.15, 0.2) is 6.04 Å². The van der Waals surface area contributed by atoms with Gasteiger partial charge in [0.05, 0.1) is 25.3 Å². The van der Waals surface area contributed by atoms with Crippen LogP contribution < -0.4 is 10.2 Å². The predicted molar refractivity (Wildman–Crippen MR) is 87.2 cm³/mol. The van der Waals surface area contributed by atoms with Crippen molar-refractivity contribution in [2.75, 3.05) is 25.0 Å². The molecular formula is C16H22N3O3S+. The molecule has 0 aromatic carbocycles. The number of quaternary nitrogens is 1. The quantitative estimate of drug-likeness (QED) is 0.779. The Morgan fingerprint density at radius 2 is 2.39 bits per heavy atom. The Hall–Kier alpha value is -1.91. The highest BCUT2D eigenvalue weighted by Crippen LogP contribution is 2.22. The lowest BCUT2D eigenvalue weighted by molar-refractivity contribution is -0.921. The van der Waals surface area contributed by atoms with Crippen LogP contribution in [0.2, 0.25) is 0 Å². The number of ether oxygens (including phenoxy) is 1. The number of hydrogen-bond donors (Lipinski definition) is 2. The maximum Gasteiger partial charge on any atom is 0.314 e. The number of rotatable bonds is 5. The van der Waals surface area contributed by atoms with E-state index < -0.39 is 0 Å². The molecule has 6 nitrogen and oxygen atoms in total. The summed E-state index contributed by atoms with van der Waals surface area (Å²) < 4.78 is 5.10. The summed E-state index contributed by atoms with van der Waals surface area (Å²) in [6.45, 7) is 5.52. The van der Waals surface area contributed by atoms with Crippen LogP contribution in [-0.4, -0.2) is 37.6 Å². The molecule has 2 heterocycles. The Morgan fingerprint density at radius 1 is 1.61 bits per heavy atom. The second kappa shape index (κ2) is 8.09. The average molecular weight is 336 g/mol. The number of amides is 1. The van der Waals surface area contributed by atoms with Crippen molar-refractivity contribution in [2.24, 2.45) is 5.92 Å². The molecule has 0 aliphatic carbocycles. The zero-order valence-electron chi connectivity index (χ0n) is 13.4. The van der Waals surface area contributed by atoms with E-state index in [1.54, 1.807) is 18.4 Å². The lowest BCUT2D eigenvalue weighted by Gasteiger charge is -2.32. The number of hydrogen-bond acceptors (Lipinski definition) is 5. The third-order valence-electron chi connectivity index (χ3n) is 4.21. The normalized spacial score (nSPS) is 22.0. The molecule has 1 unspecified atom stereocenters. The van der Waals surface area contributed by atoms with Gasteiger partial charge < -0.3 is 15.0 Å². The number of nitriles is 1. The molecule has 1 aliphatic rings. The van der Waals surface area contributed by atoms with Crippen LogP contribution in [0.15, 0.2) is 11.4 Å². The maximum absolute atomic E-state index is 12.4. The molecule has 1 aliphatic heterocycles. The van der Waals surface area contributed by atoms with Gasteiger partial charge in [-0.3, -0.25) is 9.59 Å². The largest absolute Gasteiger partial charge is 0.466 e. The van der Waals surface area contributed by atoms with E-state index in [-0.39, 0.29) is 23.8 Å². The predicted octanol–water partition coefficient (Wildman–Crippen LogP) is 0.805. The molecule has 0 spiro atoms. The molecule has 1 aromatic heterocycles. The van der Waals surface area contributed by atoms with E-state index in [1.807, 2.05) is 6.92 Å². The first-order chi connectivity index (χ1) is 11.1. The Balaban J connectivity index is 1.96. The van der Waals surface area contributed by atoms with Crippen LogP contribution in [0, 0.1) is 17.2 Å². The highest BCUT2D eigenvalue weighted by Gasteiger charge is 2.35. The molecule has 3 atom stereocenters. The number of esters is 1. The summed E-state index contributed by atoms with van der Waals surface area (Å²) in [5, 5.41) is 14.2. The minimum absolute atomic E-state index is 0.122. The minimum atomic E-state index is -0.277. The summed E-state index contributed by atoms with van der Waals surface area (Å²) in [6, 6.07) is 3.48. The molecule has 0 bridgehead atoms.